The highest BCUT2D eigenvalue weighted by atomic mass is 16.5. The van der Waals surface area contributed by atoms with Gasteiger partial charge in [0.1, 0.15) is 0 Å². The maximum Gasteiger partial charge on any atom is 0.307 e. The topological polar surface area (TPSA) is 61.5 Å². The highest BCUT2D eigenvalue weighted by Crippen LogP contribution is 2.17. The summed E-state index contributed by atoms with van der Waals surface area (Å²) < 4.78 is 10.00. The van der Waals surface area contributed by atoms with Gasteiger partial charge in [0.25, 0.3) is 0 Å². The summed E-state index contributed by atoms with van der Waals surface area (Å²) >= 11 is 0. The molecule has 1 aliphatic rings. The van der Waals surface area contributed by atoms with Gasteiger partial charge in [-0.3, -0.25) is 4.79 Å². The van der Waals surface area contributed by atoms with E-state index in [0.29, 0.717) is 25.6 Å². The molecule has 0 amide bonds. The van der Waals surface area contributed by atoms with Crippen molar-refractivity contribution in [2.45, 2.75) is 25.8 Å². The third-order valence-corrected chi connectivity index (χ3v) is 2.28. The summed E-state index contributed by atoms with van der Waals surface area (Å²) in [5, 5.41) is 0. The van der Waals surface area contributed by atoms with Gasteiger partial charge in [-0.25, -0.2) is 0 Å². The number of hydrogen-bond acceptors (Lipinski definition) is 4. The molecule has 2 atom stereocenters. The van der Waals surface area contributed by atoms with Crippen molar-refractivity contribution in [1.29, 1.82) is 0 Å². The molecule has 0 aromatic carbocycles. The Morgan fingerprint density at radius 2 is 2.54 bits per heavy atom. The molecule has 1 aliphatic heterocycles. The predicted octanol–water partition coefficient (Wildman–Crippen LogP) is 0.303. The Morgan fingerprint density at radius 3 is 3.08 bits per heavy atom. The number of esters is 1. The molecule has 2 N–H and O–H groups in total. The molecule has 13 heavy (non-hydrogen) atoms. The van der Waals surface area contributed by atoms with E-state index in [-0.39, 0.29) is 12.0 Å². The number of rotatable bonds is 4. The zero-order chi connectivity index (χ0) is 9.68. The van der Waals surface area contributed by atoms with Crippen molar-refractivity contribution in [1.82, 2.24) is 0 Å². The molecular formula is C9H17NO3. The maximum absolute atomic E-state index is 11.1. The molecule has 76 valence electrons. The Labute approximate surface area is 78.4 Å². The Hall–Kier alpha value is -0.610. The van der Waals surface area contributed by atoms with Crippen LogP contribution in [0.4, 0.5) is 0 Å². The Morgan fingerprint density at radius 1 is 1.77 bits per heavy atom. The lowest BCUT2D eigenvalue weighted by atomic mass is 9.97. The summed E-state index contributed by atoms with van der Waals surface area (Å²) in [6.45, 7) is 3.66. The molecule has 1 fully saturated rings. The van der Waals surface area contributed by atoms with Gasteiger partial charge in [-0.05, 0) is 13.3 Å². The van der Waals surface area contributed by atoms with E-state index in [4.69, 9.17) is 15.2 Å². The SMILES string of the molecule is CCOC(=O)CC(N)C1CCOC1. The summed E-state index contributed by atoms with van der Waals surface area (Å²) in [7, 11) is 0. The van der Waals surface area contributed by atoms with Crippen LogP contribution in [0.15, 0.2) is 0 Å². The van der Waals surface area contributed by atoms with Crippen molar-refractivity contribution in [3.8, 4) is 0 Å². The maximum atomic E-state index is 11.1. The molecule has 0 saturated carbocycles. The van der Waals surface area contributed by atoms with Crippen LogP contribution in [0, 0.1) is 5.92 Å². The van der Waals surface area contributed by atoms with Crippen molar-refractivity contribution < 1.29 is 14.3 Å². The van der Waals surface area contributed by atoms with E-state index in [1.54, 1.807) is 6.92 Å². The van der Waals surface area contributed by atoms with Crippen LogP contribution < -0.4 is 5.73 Å². The van der Waals surface area contributed by atoms with Gasteiger partial charge in [-0.2, -0.15) is 0 Å². The van der Waals surface area contributed by atoms with Crippen LogP contribution >= 0.6 is 0 Å². The third kappa shape index (κ3) is 3.32. The Balaban J connectivity index is 2.22. The molecule has 0 aromatic rings. The monoisotopic (exact) mass is 187 g/mol. The fourth-order valence-corrected chi connectivity index (χ4v) is 1.47. The highest BCUT2D eigenvalue weighted by molar-refractivity contribution is 5.70. The van der Waals surface area contributed by atoms with Crippen molar-refractivity contribution in [2.75, 3.05) is 19.8 Å². The molecule has 0 spiro atoms. The zero-order valence-corrected chi connectivity index (χ0v) is 7.99. The van der Waals surface area contributed by atoms with Crippen LogP contribution in [0.3, 0.4) is 0 Å². The second-order valence-corrected chi connectivity index (χ2v) is 3.30. The standard InChI is InChI=1S/C9H17NO3/c1-2-13-9(11)5-8(10)7-3-4-12-6-7/h7-8H,2-6,10H2,1H3. The van der Waals surface area contributed by atoms with Crippen molar-refractivity contribution >= 4 is 5.97 Å². The zero-order valence-electron chi connectivity index (χ0n) is 7.99. The van der Waals surface area contributed by atoms with E-state index in [9.17, 15) is 4.79 Å². The van der Waals surface area contributed by atoms with Crippen LogP contribution in [-0.4, -0.2) is 31.8 Å². The van der Waals surface area contributed by atoms with Crippen LogP contribution in [0.2, 0.25) is 0 Å². The summed E-state index contributed by atoms with van der Waals surface area (Å²) in [6.07, 6.45) is 1.27. The summed E-state index contributed by atoms with van der Waals surface area (Å²) in [4.78, 5) is 11.1. The smallest absolute Gasteiger partial charge is 0.307 e. The number of carbonyl (C=O) groups excluding carboxylic acids is 1. The highest BCUT2D eigenvalue weighted by Gasteiger charge is 2.24. The lowest BCUT2D eigenvalue weighted by Gasteiger charge is -2.15. The molecule has 1 rings (SSSR count). The normalized spacial score (nSPS) is 24.3. The largest absolute Gasteiger partial charge is 0.466 e. The first kappa shape index (κ1) is 10.5. The van der Waals surface area contributed by atoms with Crippen LogP contribution in [-0.2, 0) is 14.3 Å². The average Bonchev–Trinajstić information content (AvgIpc) is 2.55. The van der Waals surface area contributed by atoms with Gasteiger partial charge in [0, 0.05) is 18.6 Å². The Kier molecular flexibility index (Phi) is 4.18. The summed E-state index contributed by atoms with van der Waals surface area (Å²) in [5.74, 6) is 0.117. The van der Waals surface area contributed by atoms with Crippen LogP contribution in [0.25, 0.3) is 0 Å². The van der Waals surface area contributed by atoms with Gasteiger partial charge in [0.05, 0.1) is 19.6 Å². The third-order valence-electron chi connectivity index (χ3n) is 2.28. The molecule has 4 heteroatoms. The van der Waals surface area contributed by atoms with Gasteiger partial charge in [0.2, 0.25) is 0 Å². The van der Waals surface area contributed by atoms with E-state index < -0.39 is 0 Å². The minimum atomic E-state index is -0.207. The van der Waals surface area contributed by atoms with E-state index in [0.717, 1.165) is 13.0 Å². The van der Waals surface area contributed by atoms with Gasteiger partial charge < -0.3 is 15.2 Å². The number of hydrogen-bond donors (Lipinski definition) is 1. The molecule has 2 unspecified atom stereocenters. The number of ether oxygens (including phenoxy) is 2. The lowest BCUT2D eigenvalue weighted by Crippen LogP contribution is -2.33. The van der Waals surface area contributed by atoms with Gasteiger partial charge in [-0.15, -0.1) is 0 Å². The van der Waals surface area contributed by atoms with Crippen molar-refractivity contribution in [2.24, 2.45) is 11.7 Å². The van der Waals surface area contributed by atoms with E-state index in [1.165, 1.54) is 0 Å². The first-order valence-electron chi connectivity index (χ1n) is 4.73. The fourth-order valence-electron chi connectivity index (χ4n) is 1.47. The molecule has 0 radical (unpaired) electrons. The predicted molar refractivity (Wildman–Crippen MR) is 48.2 cm³/mol. The van der Waals surface area contributed by atoms with Crippen LogP contribution in [0.1, 0.15) is 19.8 Å². The minimum Gasteiger partial charge on any atom is -0.466 e. The van der Waals surface area contributed by atoms with Gasteiger partial charge >= 0.3 is 5.97 Å². The fraction of sp³-hybridized carbons (Fsp3) is 0.889. The van der Waals surface area contributed by atoms with Gasteiger partial charge in [0.15, 0.2) is 0 Å². The second-order valence-electron chi connectivity index (χ2n) is 3.30. The molecule has 0 bridgehead atoms. The summed E-state index contributed by atoms with van der Waals surface area (Å²) in [5.41, 5.74) is 5.83. The van der Waals surface area contributed by atoms with Crippen LogP contribution in [0.5, 0.6) is 0 Å². The van der Waals surface area contributed by atoms with E-state index in [1.807, 2.05) is 0 Å². The van der Waals surface area contributed by atoms with E-state index >= 15 is 0 Å². The molecule has 1 heterocycles. The van der Waals surface area contributed by atoms with Crippen molar-refractivity contribution in [3.05, 3.63) is 0 Å². The molecule has 1 saturated heterocycles. The molecule has 0 aliphatic carbocycles. The first-order chi connectivity index (χ1) is 6.24. The lowest BCUT2D eigenvalue weighted by molar-refractivity contribution is -0.143. The average molecular weight is 187 g/mol. The first-order valence-corrected chi connectivity index (χ1v) is 4.73. The number of carbonyl (C=O) groups is 1. The number of nitrogens with two attached hydrogens (primary N) is 1. The van der Waals surface area contributed by atoms with E-state index in [2.05, 4.69) is 0 Å². The second kappa shape index (κ2) is 5.19. The molecule has 0 aromatic heterocycles. The minimum absolute atomic E-state index is 0.110. The Bertz CT molecular complexity index is 166. The molecule has 4 nitrogen and oxygen atoms in total. The summed E-state index contributed by atoms with van der Waals surface area (Å²) in [6, 6.07) is -0.110. The quantitative estimate of drug-likeness (QED) is 0.643. The van der Waals surface area contributed by atoms with Gasteiger partial charge in [-0.1, -0.05) is 0 Å². The van der Waals surface area contributed by atoms with Crippen molar-refractivity contribution in [3.63, 3.8) is 0 Å². The molecular weight excluding hydrogens is 170 g/mol.